The van der Waals surface area contributed by atoms with Crippen LogP contribution in [0.2, 0.25) is 10.0 Å². The Morgan fingerprint density at radius 1 is 0.929 bits per heavy atom. The molecule has 3 N–H and O–H groups in total. The smallest absolute Gasteiger partial charge is 0.191 e. The van der Waals surface area contributed by atoms with Crippen LogP contribution in [0.15, 0.2) is 53.3 Å². The van der Waals surface area contributed by atoms with Gasteiger partial charge in [0.05, 0.1) is 15.6 Å². The molecule has 1 aliphatic rings. The summed E-state index contributed by atoms with van der Waals surface area (Å²) in [4.78, 5) is 15.6. The second-order valence-corrected chi connectivity index (χ2v) is 8.23. The fraction of sp³-hybridized carbons (Fsp3) is 0.318. The van der Waals surface area contributed by atoms with Crippen LogP contribution in [0.3, 0.4) is 0 Å². The highest BCUT2D eigenvalue weighted by molar-refractivity contribution is 6.42. The maximum Gasteiger partial charge on any atom is 0.191 e. The maximum absolute atomic E-state index is 12.3. The Morgan fingerprint density at radius 3 is 2.46 bits per heavy atom. The molecule has 1 saturated carbocycles. The molecule has 0 radical (unpaired) electrons. The van der Waals surface area contributed by atoms with Gasteiger partial charge >= 0.3 is 0 Å². The minimum absolute atomic E-state index is 0.0498. The van der Waals surface area contributed by atoms with Crippen LogP contribution in [0.25, 0.3) is 10.9 Å². The highest BCUT2D eigenvalue weighted by Gasteiger charge is 2.21. The third kappa shape index (κ3) is 4.52. The van der Waals surface area contributed by atoms with Crippen molar-refractivity contribution in [1.29, 1.82) is 0 Å². The zero-order valence-corrected chi connectivity index (χ0v) is 17.0. The highest BCUT2D eigenvalue weighted by Crippen LogP contribution is 2.24. The second-order valence-electron chi connectivity index (χ2n) is 7.42. The third-order valence-electron chi connectivity index (χ3n) is 5.40. The molecule has 4 nitrogen and oxygen atoms in total. The molecule has 2 aromatic carbocycles. The molecule has 28 heavy (non-hydrogen) atoms. The lowest BCUT2D eigenvalue weighted by Crippen LogP contribution is -2.36. The fourth-order valence-electron chi connectivity index (χ4n) is 3.85. The molecule has 0 amide bonds. The van der Waals surface area contributed by atoms with Gasteiger partial charge in [0.15, 0.2) is 5.43 Å². The van der Waals surface area contributed by atoms with Crippen LogP contribution in [0.1, 0.15) is 31.2 Å². The number of halogens is 2. The van der Waals surface area contributed by atoms with Crippen molar-refractivity contribution in [3.63, 3.8) is 0 Å². The average Bonchev–Trinajstić information content (AvgIpc) is 2.70. The molecule has 0 spiro atoms. The van der Waals surface area contributed by atoms with Crippen molar-refractivity contribution >= 4 is 39.9 Å². The van der Waals surface area contributed by atoms with Crippen molar-refractivity contribution in [3.8, 4) is 0 Å². The number of para-hydroxylation sites is 1. The third-order valence-corrected chi connectivity index (χ3v) is 6.14. The summed E-state index contributed by atoms with van der Waals surface area (Å²) in [5.74, 6) is 0.802. The number of hydrogen-bond donors (Lipinski definition) is 3. The number of aromatic nitrogens is 1. The first-order chi connectivity index (χ1) is 13.6. The molecule has 1 heterocycles. The summed E-state index contributed by atoms with van der Waals surface area (Å²) in [5, 5.41) is 9.03. The van der Waals surface area contributed by atoms with E-state index in [-0.39, 0.29) is 5.43 Å². The summed E-state index contributed by atoms with van der Waals surface area (Å²) in [6.45, 7) is 0.789. The Kier molecular flexibility index (Phi) is 5.90. The quantitative estimate of drug-likeness (QED) is 0.526. The molecule has 0 saturated heterocycles. The number of benzene rings is 2. The second kappa shape index (κ2) is 8.56. The molecule has 1 aromatic heterocycles. The summed E-state index contributed by atoms with van der Waals surface area (Å²) >= 11 is 12.1. The number of rotatable bonds is 5. The van der Waals surface area contributed by atoms with Crippen molar-refractivity contribution in [2.24, 2.45) is 0 Å². The number of anilines is 1. The summed E-state index contributed by atoms with van der Waals surface area (Å²) in [7, 11) is 0. The van der Waals surface area contributed by atoms with Crippen molar-refractivity contribution in [2.45, 2.75) is 44.3 Å². The molecule has 0 unspecified atom stereocenters. The molecule has 0 atom stereocenters. The van der Waals surface area contributed by atoms with Gasteiger partial charge in [0.25, 0.3) is 0 Å². The lowest BCUT2D eigenvalue weighted by Gasteiger charge is -2.30. The summed E-state index contributed by atoms with van der Waals surface area (Å²) in [6.07, 6.45) is 4.31. The number of hydrogen-bond acceptors (Lipinski definition) is 3. The van der Waals surface area contributed by atoms with Gasteiger partial charge in [0.1, 0.15) is 5.82 Å². The van der Waals surface area contributed by atoms with E-state index in [9.17, 15) is 4.79 Å². The minimum Gasteiger partial charge on any atom is -0.369 e. The first kappa shape index (κ1) is 19.3. The molecular formula is C22H23Cl2N3O. The SMILES string of the molecule is O=c1cc(N[C@H]2CC[C@@H](NCc3ccc(Cl)c(Cl)c3)CC2)[nH]c2ccccc12. The van der Waals surface area contributed by atoms with E-state index in [4.69, 9.17) is 23.2 Å². The van der Waals surface area contributed by atoms with Gasteiger partial charge < -0.3 is 15.6 Å². The van der Waals surface area contributed by atoms with Crippen LogP contribution in [-0.2, 0) is 6.54 Å². The lowest BCUT2D eigenvalue weighted by molar-refractivity contribution is 0.352. The van der Waals surface area contributed by atoms with Crippen molar-refractivity contribution in [3.05, 3.63) is 74.4 Å². The van der Waals surface area contributed by atoms with Crippen LogP contribution in [-0.4, -0.2) is 17.1 Å². The van der Waals surface area contributed by atoms with Crippen molar-refractivity contribution in [2.75, 3.05) is 5.32 Å². The van der Waals surface area contributed by atoms with E-state index in [2.05, 4.69) is 15.6 Å². The van der Waals surface area contributed by atoms with E-state index < -0.39 is 0 Å². The van der Waals surface area contributed by atoms with Gasteiger partial charge in [0.2, 0.25) is 0 Å². The standard InChI is InChI=1S/C22H23Cl2N3O/c23-18-10-5-14(11-19(18)24)13-25-15-6-8-16(9-7-15)26-22-12-21(28)17-3-1-2-4-20(17)27-22/h1-5,10-12,15-16,25H,6-9,13H2,(H2,26,27,28)/t15-,16+. The van der Waals surface area contributed by atoms with E-state index in [1.54, 1.807) is 6.07 Å². The van der Waals surface area contributed by atoms with Gasteiger partial charge in [-0.3, -0.25) is 4.79 Å². The van der Waals surface area contributed by atoms with Gasteiger partial charge in [0, 0.05) is 30.1 Å². The summed E-state index contributed by atoms with van der Waals surface area (Å²) in [5.41, 5.74) is 2.06. The number of fused-ring (bicyclic) bond motifs is 1. The predicted molar refractivity (Wildman–Crippen MR) is 118 cm³/mol. The first-order valence-electron chi connectivity index (χ1n) is 9.64. The van der Waals surface area contributed by atoms with E-state index in [1.165, 1.54) is 0 Å². The predicted octanol–water partition coefficient (Wildman–Crippen LogP) is 5.35. The number of aromatic amines is 1. The van der Waals surface area contributed by atoms with Gasteiger partial charge in [-0.15, -0.1) is 0 Å². The first-order valence-corrected chi connectivity index (χ1v) is 10.4. The van der Waals surface area contributed by atoms with E-state index in [0.717, 1.165) is 54.5 Å². The Morgan fingerprint density at radius 2 is 1.68 bits per heavy atom. The van der Waals surface area contributed by atoms with Crippen LogP contribution in [0.4, 0.5) is 5.82 Å². The topological polar surface area (TPSA) is 56.9 Å². The van der Waals surface area contributed by atoms with Crippen LogP contribution in [0, 0.1) is 0 Å². The van der Waals surface area contributed by atoms with E-state index in [1.807, 2.05) is 42.5 Å². The number of pyridine rings is 1. The minimum atomic E-state index is 0.0498. The molecule has 0 aliphatic heterocycles. The largest absolute Gasteiger partial charge is 0.369 e. The molecule has 6 heteroatoms. The highest BCUT2D eigenvalue weighted by atomic mass is 35.5. The van der Waals surface area contributed by atoms with Crippen LogP contribution in [0.5, 0.6) is 0 Å². The van der Waals surface area contributed by atoms with Gasteiger partial charge in [-0.25, -0.2) is 0 Å². The van der Waals surface area contributed by atoms with Gasteiger partial charge in [-0.1, -0.05) is 41.4 Å². The molecule has 146 valence electrons. The molecule has 4 rings (SSSR count). The Labute approximate surface area is 174 Å². The van der Waals surface area contributed by atoms with Gasteiger partial charge in [-0.05, 0) is 55.5 Å². The van der Waals surface area contributed by atoms with Crippen molar-refractivity contribution in [1.82, 2.24) is 10.3 Å². The number of nitrogens with one attached hydrogen (secondary N) is 3. The molecule has 3 aromatic rings. The molecule has 0 bridgehead atoms. The lowest BCUT2D eigenvalue weighted by atomic mass is 9.91. The molecular weight excluding hydrogens is 393 g/mol. The Balaban J connectivity index is 1.30. The Bertz CT molecular complexity index is 1030. The fourth-order valence-corrected chi connectivity index (χ4v) is 4.17. The van der Waals surface area contributed by atoms with E-state index >= 15 is 0 Å². The normalized spacial score (nSPS) is 19.6. The van der Waals surface area contributed by atoms with Gasteiger partial charge in [-0.2, -0.15) is 0 Å². The molecule has 1 aliphatic carbocycles. The zero-order valence-electron chi connectivity index (χ0n) is 15.5. The monoisotopic (exact) mass is 415 g/mol. The molecule has 1 fully saturated rings. The summed E-state index contributed by atoms with van der Waals surface area (Å²) in [6, 6.07) is 15.9. The zero-order chi connectivity index (χ0) is 19.5. The number of H-pyrrole nitrogens is 1. The van der Waals surface area contributed by atoms with E-state index in [0.29, 0.717) is 22.1 Å². The van der Waals surface area contributed by atoms with Crippen LogP contribution >= 0.6 is 23.2 Å². The maximum atomic E-state index is 12.3. The average molecular weight is 416 g/mol. The Hall–Kier alpha value is -2.01. The van der Waals surface area contributed by atoms with Crippen molar-refractivity contribution < 1.29 is 0 Å². The van der Waals surface area contributed by atoms with Crippen LogP contribution < -0.4 is 16.1 Å². The summed E-state index contributed by atoms with van der Waals surface area (Å²) < 4.78 is 0.